The Morgan fingerprint density at radius 2 is 1.89 bits per heavy atom. The minimum atomic E-state index is -4.07. The lowest BCUT2D eigenvalue weighted by atomic mass is 10.0. The van der Waals surface area contributed by atoms with Crippen molar-refractivity contribution in [1.82, 2.24) is 14.0 Å². The summed E-state index contributed by atoms with van der Waals surface area (Å²) in [7, 11) is -4.07. The molecule has 0 aliphatic carbocycles. The van der Waals surface area contributed by atoms with Crippen molar-refractivity contribution in [2.45, 2.75) is 33.2 Å². The molecular weight excluding hydrogens is 495 g/mol. The number of nitrogens with one attached hydrogen (secondary N) is 1. The molecule has 3 aromatic rings. The molecular formula is C27H31FN4O4S. The zero-order chi connectivity index (χ0) is 26.7. The van der Waals surface area contributed by atoms with Gasteiger partial charge in [0.1, 0.15) is 11.6 Å². The molecule has 1 aliphatic rings. The maximum Gasteiger partial charge on any atom is 0.304 e. The number of hydrogen-bond acceptors (Lipinski definition) is 6. The number of amides is 1. The second kappa shape index (κ2) is 11.0. The molecule has 1 atom stereocenters. The number of rotatable bonds is 8. The number of halogens is 1. The standard InChI is InChI=1S/C27H31FN4O4S/c1-17(2)16-36-23-13-20(12-21(28)14-23)25-9-8-24(26(30-25)19-6-4-18(3)5-7-19)27(33)31-37(34,35)32-11-10-22(29)15-32/h4-9,12-14,17,22H,10-11,15-16,29H2,1-3H3,(H,31,33)/t22-/m1/s1. The van der Waals surface area contributed by atoms with E-state index >= 15 is 0 Å². The lowest BCUT2D eigenvalue weighted by molar-refractivity contribution is 0.0979. The van der Waals surface area contributed by atoms with E-state index in [9.17, 15) is 17.6 Å². The first kappa shape index (κ1) is 26.7. The van der Waals surface area contributed by atoms with Gasteiger partial charge in [0, 0.05) is 36.3 Å². The smallest absolute Gasteiger partial charge is 0.304 e. The van der Waals surface area contributed by atoms with Gasteiger partial charge >= 0.3 is 10.2 Å². The first-order valence-corrected chi connectivity index (χ1v) is 13.6. The molecule has 1 amide bonds. The second-order valence-electron chi connectivity index (χ2n) is 9.68. The van der Waals surface area contributed by atoms with Crippen molar-refractivity contribution in [2.24, 2.45) is 11.7 Å². The van der Waals surface area contributed by atoms with E-state index in [-0.39, 0.29) is 36.3 Å². The molecule has 0 unspecified atom stereocenters. The Morgan fingerprint density at radius 1 is 1.16 bits per heavy atom. The summed E-state index contributed by atoms with van der Waals surface area (Å²) in [6.45, 7) is 6.74. The molecule has 1 fully saturated rings. The molecule has 1 aliphatic heterocycles. The number of benzene rings is 2. The number of aryl methyl sites for hydroxylation is 1. The summed E-state index contributed by atoms with van der Waals surface area (Å²) in [4.78, 5) is 17.9. The number of carbonyl (C=O) groups is 1. The fourth-order valence-corrected chi connectivity index (χ4v) is 5.21. The van der Waals surface area contributed by atoms with Gasteiger partial charge in [0.05, 0.1) is 23.6 Å². The van der Waals surface area contributed by atoms with Gasteiger partial charge in [0.2, 0.25) is 0 Å². The van der Waals surface area contributed by atoms with Crippen LogP contribution in [0.3, 0.4) is 0 Å². The molecule has 3 N–H and O–H groups in total. The van der Waals surface area contributed by atoms with Crippen LogP contribution in [0.1, 0.15) is 36.2 Å². The van der Waals surface area contributed by atoms with Crippen molar-refractivity contribution in [1.29, 1.82) is 0 Å². The molecule has 10 heteroatoms. The van der Waals surface area contributed by atoms with Crippen LogP contribution < -0.4 is 15.2 Å². The van der Waals surface area contributed by atoms with Crippen molar-refractivity contribution in [3.8, 4) is 28.3 Å². The lowest BCUT2D eigenvalue weighted by Crippen LogP contribution is -2.43. The molecule has 2 heterocycles. The molecule has 4 rings (SSSR count). The Labute approximate surface area is 216 Å². The maximum atomic E-state index is 14.4. The number of nitrogens with zero attached hydrogens (tertiary/aromatic N) is 2. The lowest BCUT2D eigenvalue weighted by Gasteiger charge is -2.18. The van der Waals surface area contributed by atoms with Crippen molar-refractivity contribution in [2.75, 3.05) is 19.7 Å². The summed E-state index contributed by atoms with van der Waals surface area (Å²) < 4.78 is 49.0. The monoisotopic (exact) mass is 526 g/mol. The largest absolute Gasteiger partial charge is 0.493 e. The van der Waals surface area contributed by atoms with E-state index in [2.05, 4.69) is 9.71 Å². The number of ether oxygens (including phenoxy) is 1. The van der Waals surface area contributed by atoms with Gasteiger partial charge in [-0.15, -0.1) is 0 Å². The SMILES string of the molecule is Cc1ccc(-c2nc(-c3cc(F)cc(OCC(C)C)c3)ccc2C(=O)NS(=O)(=O)N2CC[C@@H](N)C2)cc1. The summed E-state index contributed by atoms with van der Waals surface area (Å²) in [6.07, 6.45) is 0.524. The predicted molar refractivity (Wildman–Crippen MR) is 141 cm³/mol. The van der Waals surface area contributed by atoms with Gasteiger partial charge in [-0.1, -0.05) is 43.7 Å². The van der Waals surface area contributed by atoms with Crippen LogP contribution in [0.5, 0.6) is 5.75 Å². The van der Waals surface area contributed by atoms with E-state index in [1.54, 1.807) is 24.3 Å². The van der Waals surface area contributed by atoms with Crippen LogP contribution in [0.2, 0.25) is 0 Å². The molecule has 0 spiro atoms. The van der Waals surface area contributed by atoms with Crippen LogP contribution in [-0.4, -0.2) is 49.4 Å². The summed E-state index contributed by atoms with van der Waals surface area (Å²) in [5.41, 5.74) is 8.70. The Balaban J connectivity index is 1.72. The van der Waals surface area contributed by atoms with Gasteiger partial charge < -0.3 is 10.5 Å². The van der Waals surface area contributed by atoms with Crippen molar-refractivity contribution < 1.29 is 22.3 Å². The molecule has 0 radical (unpaired) electrons. The number of nitrogens with two attached hydrogens (primary N) is 1. The second-order valence-corrected chi connectivity index (χ2v) is 11.4. The summed E-state index contributed by atoms with van der Waals surface area (Å²) in [5.74, 6) is -0.649. The average Bonchev–Trinajstić information content (AvgIpc) is 3.29. The summed E-state index contributed by atoms with van der Waals surface area (Å²) in [6, 6.07) is 14.5. The third kappa shape index (κ3) is 6.51. The first-order chi connectivity index (χ1) is 17.5. The van der Waals surface area contributed by atoms with E-state index in [1.165, 1.54) is 18.2 Å². The molecule has 8 nitrogen and oxygen atoms in total. The summed E-state index contributed by atoms with van der Waals surface area (Å²) in [5, 5.41) is 0. The Kier molecular flexibility index (Phi) is 7.91. The highest BCUT2D eigenvalue weighted by Crippen LogP contribution is 2.30. The Hall–Kier alpha value is -3.34. The summed E-state index contributed by atoms with van der Waals surface area (Å²) >= 11 is 0. The topological polar surface area (TPSA) is 115 Å². The fourth-order valence-electron chi connectivity index (χ4n) is 4.00. The van der Waals surface area contributed by atoms with Gasteiger partial charge in [-0.3, -0.25) is 4.79 Å². The number of carbonyl (C=O) groups excluding carboxylic acids is 1. The number of hydrogen-bond donors (Lipinski definition) is 2. The van der Waals surface area contributed by atoms with Crippen LogP contribution in [0.15, 0.2) is 54.6 Å². The van der Waals surface area contributed by atoms with Crippen molar-refractivity contribution in [3.63, 3.8) is 0 Å². The fraction of sp³-hybridized carbons (Fsp3) is 0.333. The Morgan fingerprint density at radius 3 is 2.54 bits per heavy atom. The number of pyridine rings is 1. The molecule has 2 aromatic carbocycles. The molecule has 0 saturated carbocycles. The van der Waals surface area contributed by atoms with Crippen LogP contribution in [0.4, 0.5) is 4.39 Å². The maximum absolute atomic E-state index is 14.4. The normalized spacial score (nSPS) is 16.2. The van der Waals surface area contributed by atoms with Crippen LogP contribution in [0.25, 0.3) is 22.5 Å². The van der Waals surface area contributed by atoms with Crippen molar-refractivity contribution >= 4 is 16.1 Å². The predicted octanol–water partition coefficient (Wildman–Crippen LogP) is 3.91. The van der Waals surface area contributed by atoms with E-state index in [4.69, 9.17) is 10.5 Å². The molecule has 37 heavy (non-hydrogen) atoms. The third-order valence-corrected chi connectivity index (χ3v) is 7.42. The van der Waals surface area contributed by atoms with Crippen LogP contribution >= 0.6 is 0 Å². The van der Waals surface area contributed by atoms with E-state index in [1.807, 2.05) is 32.9 Å². The van der Waals surface area contributed by atoms with Crippen molar-refractivity contribution in [3.05, 3.63) is 71.5 Å². The van der Waals surface area contributed by atoms with Gasteiger partial charge in [-0.25, -0.2) is 14.1 Å². The highest BCUT2D eigenvalue weighted by molar-refractivity contribution is 7.87. The quantitative estimate of drug-likeness (QED) is 0.460. The molecule has 1 aromatic heterocycles. The van der Waals surface area contributed by atoms with E-state index in [0.29, 0.717) is 35.6 Å². The van der Waals surface area contributed by atoms with Crippen LogP contribution in [0, 0.1) is 18.7 Å². The van der Waals surface area contributed by atoms with Gasteiger partial charge in [-0.05, 0) is 43.5 Å². The zero-order valence-corrected chi connectivity index (χ0v) is 21.9. The van der Waals surface area contributed by atoms with Gasteiger partial charge in [-0.2, -0.15) is 12.7 Å². The Bertz CT molecular complexity index is 1390. The highest BCUT2D eigenvalue weighted by atomic mass is 32.2. The van der Waals surface area contributed by atoms with E-state index in [0.717, 1.165) is 9.87 Å². The van der Waals surface area contributed by atoms with E-state index < -0.39 is 21.9 Å². The zero-order valence-electron chi connectivity index (χ0n) is 21.1. The minimum Gasteiger partial charge on any atom is -0.493 e. The highest BCUT2D eigenvalue weighted by Gasteiger charge is 2.31. The third-order valence-electron chi connectivity index (χ3n) is 5.96. The van der Waals surface area contributed by atoms with Crippen LogP contribution in [-0.2, 0) is 10.2 Å². The van der Waals surface area contributed by atoms with Gasteiger partial charge in [0.25, 0.3) is 5.91 Å². The minimum absolute atomic E-state index is 0.0763. The average molecular weight is 527 g/mol. The first-order valence-electron chi connectivity index (χ1n) is 12.1. The molecule has 1 saturated heterocycles. The van der Waals surface area contributed by atoms with Gasteiger partial charge in [0.15, 0.2) is 0 Å². The molecule has 0 bridgehead atoms. The number of aromatic nitrogens is 1. The molecule has 196 valence electrons.